The van der Waals surface area contributed by atoms with Gasteiger partial charge in [0.2, 0.25) is 0 Å². The molecule has 0 heterocycles. The van der Waals surface area contributed by atoms with Crippen LogP contribution in [-0.4, -0.2) is 5.78 Å². The second-order valence-electron chi connectivity index (χ2n) is 9.88. The van der Waals surface area contributed by atoms with Crippen LogP contribution in [0.1, 0.15) is 86.0 Å². The molecule has 0 saturated heterocycles. The van der Waals surface area contributed by atoms with Gasteiger partial charge in [-0.05, 0) is 91.9 Å². The Morgan fingerprint density at radius 1 is 1.00 bits per heavy atom. The third-order valence-corrected chi connectivity index (χ3v) is 9.09. The first kappa shape index (κ1) is 17.6. The fourth-order valence-corrected chi connectivity index (χ4v) is 7.39. The number of carbonyl (C=O) groups is 1. The molecule has 0 unspecified atom stereocenters. The van der Waals surface area contributed by atoms with E-state index in [9.17, 15) is 4.79 Å². The molecule has 5 aliphatic carbocycles. The summed E-state index contributed by atoms with van der Waals surface area (Å²) in [6.45, 7) is 11.5. The van der Waals surface area contributed by atoms with Crippen molar-refractivity contribution < 1.29 is 4.79 Å². The predicted molar refractivity (Wildman–Crippen MR) is 104 cm³/mol. The van der Waals surface area contributed by atoms with E-state index >= 15 is 0 Å². The second-order valence-corrected chi connectivity index (χ2v) is 9.88. The van der Waals surface area contributed by atoms with E-state index in [0.29, 0.717) is 22.0 Å². The van der Waals surface area contributed by atoms with E-state index in [1.807, 2.05) is 13.8 Å². The van der Waals surface area contributed by atoms with Gasteiger partial charge in [0.25, 0.3) is 0 Å². The molecule has 0 radical (unpaired) electrons. The van der Waals surface area contributed by atoms with Crippen molar-refractivity contribution in [1.82, 2.24) is 0 Å². The maximum absolute atomic E-state index is 12.1. The van der Waals surface area contributed by atoms with Gasteiger partial charge in [0, 0.05) is 6.42 Å². The molecule has 5 rings (SSSR count). The van der Waals surface area contributed by atoms with Gasteiger partial charge in [0.05, 0.1) is 0 Å². The van der Waals surface area contributed by atoms with Crippen molar-refractivity contribution in [2.75, 3.05) is 0 Å². The first-order chi connectivity index (χ1) is 11.9. The van der Waals surface area contributed by atoms with E-state index in [2.05, 4.69) is 32.9 Å². The van der Waals surface area contributed by atoms with Crippen molar-refractivity contribution >= 4 is 5.78 Å². The molecule has 5 aliphatic rings. The van der Waals surface area contributed by atoms with Crippen LogP contribution in [0.4, 0.5) is 0 Å². The quantitative estimate of drug-likeness (QED) is 0.460. The van der Waals surface area contributed by atoms with Crippen LogP contribution >= 0.6 is 0 Å². The Labute approximate surface area is 154 Å². The Hall–Kier alpha value is -0.850. The van der Waals surface area contributed by atoms with Gasteiger partial charge < -0.3 is 0 Å². The molecule has 0 N–H and O–H groups in total. The highest BCUT2D eigenvalue weighted by atomic mass is 16.1. The zero-order valence-corrected chi connectivity index (χ0v) is 17.0. The molecule has 5 atom stereocenters. The largest absolute Gasteiger partial charge is 0.295 e. The predicted octanol–water partition coefficient (Wildman–Crippen LogP) is 6.49. The lowest BCUT2D eigenvalue weighted by Gasteiger charge is -2.60. The lowest BCUT2D eigenvalue weighted by atomic mass is 9.44. The standard InChI is InChI=1S/C22H30O.C2H6/c1-14-4-5-17-16-13-22(10-11-22)19-12-15(23)6-8-21(19,3)18(16)7-9-20(14,17)2;1-2/h4,12,16-18H,5-11,13H2,1-3H3;1-2H3/t16-,17-,18-,20+,21+;/m0./s1. The van der Waals surface area contributed by atoms with Crippen molar-refractivity contribution in [2.24, 2.45) is 34.0 Å². The van der Waals surface area contributed by atoms with E-state index in [1.165, 1.54) is 38.5 Å². The van der Waals surface area contributed by atoms with Gasteiger partial charge in [-0.3, -0.25) is 4.79 Å². The average Bonchev–Trinajstić information content (AvgIpc) is 3.30. The minimum atomic E-state index is 0.325. The van der Waals surface area contributed by atoms with Crippen LogP contribution in [0.15, 0.2) is 23.3 Å². The van der Waals surface area contributed by atoms with E-state index in [-0.39, 0.29) is 0 Å². The molecule has 0 aromatic rings. The normalized spacial score (nSPS) is 46.1. The van der Waals surface area contributed by atoms with E-state index in [0.717, 1.165) is 30.6 Å². The van der Waals surface area contributed by atoms with Crippen LogP contribution < -0.4 is 0 Å². The first-order valence-corrected chi connectivity index (χ1v) is 10.8. The summed E-state index contributed by atoms with van der Waals surface area (Å²) < 4.78 is 0. The van der Waals surface area contributed by atoms with E-state index < -0.39 is 0 Å². The Bertz CT molecular complexity index is 649. The van der Waals surface area contributed by atoms with Gasteiger partial charge in [-0.2, -0.15) is 0 Å². The number of hydrogen-bond acceptors (Lipinski definition) is 1. The minimum Gasteiger partial charge on any atom is -0.295 e. The van der Waals surface area contributed by atoms with Gasteiger partial charge in [-0.15, -0.1) is 0 Å². The SMILES string of the molecule is CC.CC1=CC[C@H]2[C@@H]3CC4(CC4)C4=CC(=O)CC[C@]4(C)[C@H]3CC[C@]12C. The summed E-state index contributed by atoms with van der Waals surface area (Å²) in [6, 6.07) is 0. The monoisotopic (exact) mass is 340 g/mol. The lowest BCUT2D eigenvalue weighted by Crippen LogP contribution is -2.52. The number of carbonyl (C=O) groups excluding carboxylic acids is 1. The fourth-order valence-electron chi connectivity index (χ4n) is 7.39. The van der Waals surface area contributed by atoms with Crippen molar-refractivity contribution in [3.63, 3.8) is 0 Å². The Kier molecular flexibility index (Phi) is 3.91. The van der Waals surface area contributed by atoms with Crippen LogP contribution in [0.3, 0.4) is 0 Å². The minimum absolute atomic E-state index is 0.325. The lowest BCUT2D eigenvalue weighted by molar-refractivity contribution is -0.118. The van der Waals surface area contributed by atoms with Crippen LogP contribution in [0.2, 0.25) is 0 Å². The first-order valence-electron chi connectivity index (χ1n) is 10.8. The number of fused-ring (bicyclic) bond motifs is 6. The summed E-state index contributed by atoms with van der Waals surface area (Å²) in [7, 11) is 0. The third kappa shape index (κ3) is 2.23. The van der Waals surface area contributed by atoms with E-state index in [1.54, 1.807) is 11.1 Å². The van der Waals surface area contributed by atoms with E-state index in [4.69, 9.17) is 0 Å². The van der Waals surface area contributed by atoms with Gasteiger partial charge in [0.1, 0.15) is 0 Å². The van der Waals surface area contributed by atoms with Crippen LogP contribution in [0.25, 0.3) is 0 Å². The smallest absolute Gasteiger partial charge is 0.155 e. The van der Waals surface area contributed by atoms with Gasteiger partial charge in [-0.1, -0.05) is 44.9 Å². The number of allylic oxidation sites excluding steroid dienone is 4. The fraction of sp³-hybridized carbons (Fsp3) is 0.792. The molecule has 1 nitrogen and oxygen atoms in total. The molecule has 0 aromatic heterocycles. The number of hydrogen-bond donors (Lipinski definition) is 0. The van der Waals surface area contributed by atoms with Gasteiger partial charge >= 0.3 is 0 Å². The highest BCUT2D eigenvalue weighted by Gasteiger charge is 2.65. The zero-order chi connectivity index (χ0) is 18.0. The highest BCUT2D eigenvalue weighted by molar-refractivity contribution is 5.92. The highest BCUT2D eigenvalue weighted by Crippen LogP contribution is 2.74. The zero-order valence-electron chi connectivity index (χ0n) is 17.0. The molecule has 0 bridgehead atoms. The molecular weight excluding hydrogens is 304 g/mol. The Morgan fingerprint density at radius 2 is 1.72 bits per heavy atom. The van der Waals surface area contributed by atoms with Crippen molar-refractivity contribution in [3.05, 3.63) is 23.3 Å². The molecule has 3 fully saturated rings. The maximum Gasteiger partial charge on any atom is 0.155 e. The Morgan fingerprint density at radius 3 is 2.40 bits per heavy atom. The summed E-state index contributed by atoms with van der Waals surface area (Å²) in [5, 5.41) is 0. The molecule has 0 amide bonds. The molecule has 0 aromatic carbocycles. The maximum atomic E-state index is 12.1. The molecule has 1 spiro atoms. The summed E-state index contributed by atoms with van der Waals surface area (Å²) in [4.78, 5) is 12.1. The summed E-state index contributed by atoms with van der Waals surface area (Å²) in [5.74, 6) is 2.99. The van der Waals surface area contributed by atoms with Crippen molar-refractivity contribution in [1.29, 1.82) is 0 Å². The summed E-state index contributed by atoms with van der Waals surface area (Å²) in [6.07, 6.45) is 14.7. The summed E-state index contributed by atoms with van der Waals surface area (Å²) in [5.41, 5.74) is 4.48. The van der Waals surface area contributed by atoms with Crippen LogP contribution in [0, 0.1) is 34.0 Å². The molecule has 25 heavy (non-hydrogen) atoms. The van der Waals surface area contributed by atoms with Gasteiger partial charge in [0.15, 0.2) is 5.78 Å². The molecule has 1 heteroatoms. The van der Waals surface area contributed by atoms with Gasteiger partial charge in [-0.25, -0.2) is 0 Å². The number of ketones is 1. The second kappa shape index (κ2) is 5.57. The van der Waals surface area contributed by atoms with Crippen molar-refractivity contribution in [2.45, 2.75) is 86.0 Å². The topological polar surface area (TPSA) is 17.1 Å². The molecular formula is C24H36O. The average molecular weight is 341 g/mol. The van der Waals surface area contributed by atoms with Crippen LogP contribution in [-0.2, 0) is 4.79 Å². The van der Waals surface area contributed by atoms with Crippen molar-refractivity contribution in [3.8, 4) is 0 Å². The number of rotatable bonds is 0. The third-order valence-electron chi connectivity index (χ3n) is 9.09. The molecule has 3 saturated carbocycles. The van der Waals surface area contributed by atoms with Crippen LogP contribution in [0.5, 0.6) is 0 Å². The summed E-state index contributed by atoms with van der Waals surface area (Å²) >= 11 is 0. The molecule has 0 aliphatic heterocycles. The molecule has 138 valence electrons. The Balaban J connectivity index is 0.000000758.